The zero-order chi connectivity index (χ0) is 40.5. The summed E-state index contributed by atoms with van der Waals surface area (Å²) < 4.78 is 32.4. The highest BCUT2D eigenvalue weighted by atomic mass is 35.5. The molecule has 0 radical (unpaired) electrons. The fourth-order valence-corrected chi connectivity index (χ4v) is 7.00. The van der Waals surface area contributed by atoms with Crippen LogP contribution in [0.4, 0.5) is 0 Å². The molecule has 0 aromatic heterocycles. The highest BCUT2D eigenvalue weighted by Crippen LogP contribution is 2.36. The first-order valence-corrected chi connectivity index (χ1v) is 19.1. The molecule has 0 saturated carbocycles. The van der Waals surface area contributed by atoms with Crippen LogP contribution in [0.2, 0.25) is 10.0 Å². The summed E-state index contributed by atoms with van der Waals surface area (Å²) in [5.41, 5.74) is 5.11. The van der Waals surface area contributed by atoms with Gasteiger partial charge in [0, 0.05) is 24.3 Å². The first kappa shape index (κ1) is 43.8. The molecule has 0 unspecified atom stereocenters. The highest BCUT2D eigenvalue weighted by molar-refractivity contribution is 6.31. The fourth-order valence-electron chi connectivity index (χ4n) is 6.63. The predicted molar refractivity (Wildman–Crippen MR) is 209 cm³/mol. The molecule has 12 nitrogen and oxygen atoms in total. The maximum Gasteiger partial charge on any atom is 0.186 e. The Morgan fingerprint density at radius 2 is 0.857 bits per heavy atom. The van der Waals surface area contributed by atoms with Crippen LogP contribution in [0, 0.1) is 0 Å². The molecule has 6 N–H and O–H groups in total. The minimum absolute atomic E-state index is 0.584. The Hall–Kier alpha value is -3.34. The summed E-state index contributed by atoms with van der Waals surface area (Å²) in [6, 6.07) is 26.1. The molecule has 0 amide bonds. The van der Waals surface area contributed by atoms with Crippen molar-refractivity contribution in [2.24, 2.45) is 0 Å². The number of ether oxygens (including phenoxy) is 6. The molecule has 2 aliphatic rings. The Bertz CT molecular complexity index is 1690. The van der Waals surface area contributed by atoms with E-state index in [9.17, 15) is 30.6 Å². The molecule has 0 aliphatic carbocycles. The Labute approximate surface area is 336 Å². The lowest BCUT2D eigenvalue weighted by Gasteiger charge is -2.40. The first-order valence-electron chi connectivity index (χ1n) is 18.3. The molecule has 0 spiro atoms. The second-order valence-corrected chi connectivity index (χ2v) is 14.3. The van der Waals surface area contributed by atoms with E-state index in [0.717, 1.165) is 33.8 Å². The SMILES string of the molecule is CCOc1ccc(Cc2cc([C@@H]3O[C@@H](OC)[C@@H](O)[C@H](O)[C@H]3O)ccc2Cl)cc1.CCOc1ccc(Cc2cc([C@@H]3O[C@H](OC)[C@@H](O)[C@H](O)[C@H]3O)ccc2Cl)cc1. The molecule has 2 heterocycles. The van der Waals surface area contributed by atoms with Gasteiger partial charge in [-0.3, -0.25) is 0 Å². The Balaban J connectivity index is 0.000000214. The van der Waals surface area contributed by atoms with E-state index < -0.39 is 61.4 Å². The van der Waals surface area contributed by atoms with Crippen LogP contribution in [-0.4, -0.2) is 107 Å². The third-order valence-corrected chi connectivity index (χ3v) is 10.4. The largest absolute Gasteiger partial charge is 0.494 e. The first-order chi connectivity index (χ1) is 26.9. The van der Waals surface area contributed by atoms with Crippen molar-refractivity contribution < 1.29 is 59.1 Å². The number of benzene rings is 4. The van der Waals surface area contributed by atoms with E-state index in [2.05, 4.69) is 0 Å². The van der Waals surface area contributed by atoms with E-state index in [-0.39, 0.29) is 0 Å². The molecule has 2 aliphatic heterocycles. The van der Waals surface area contributed by atoms with Gasteiger partial charge in [0.05, 0.1) is 13.2 Å². The third-order valence-electron chi connectivity index (χ3n) is 9.66. The average Bonchev–Trinajstić information content (AvgIpc) is 3.20. The summed E-state index contributed by atoms with van der Waals surface area (Å²) in [6.45, 7) is 5.09. The van der Waals surface area contributed by atoms with Crippen molar-refractivity contribution in [2.75, 3.05) is 27.4 Å². The van der Waals surface area contributed by atoms with Crippen LogP contribution in [0.3, 0.4) is 0 Å². The number of rotatable bonds is 12. The van der Waals surface area contributed by atoms with Crippen molar-refractivity contribution in [2.45, 2.75) is 88.1 Å². The van der Waals surface area contributed by atoms with Gasteiger partial charge in [-0.2, -0.15) is 0 Å². The van der Waals surface area contributed by atoms with E-state index in [1.807, 2.05) is 74.5 Å². The Morgan fingerprint density at radius 3 is 1.18 bits per heavy atom. The number of methoxy groups -OCH3 is 2. The molecular weight excluding hydrogens is 767 g/mol. The minimum Gasteiger partial charge on any atom is -0.494 e. The van der Waals surface area contributed by atoms with Crippen molar-refractivity contribution in [1.29, 1.82) is 0 Å². The summed E-state index contributed by atoms with van der Waals surface area (Å²) in [5, 5.41) is 62.0. The summed E-state index contributed by atoms with van der Waals surface area (Å²) in [6.07, 6.45) is -10.6. The molecule has 304 valence electrons. The highest BCUT2D eigenvalue weighted by Gasteiger charge is 2.45. The Morgan fingerprint density at radius 1 is 0.500 bits per heavy atom. The second kappa shape index (κ2) is 20.4. The van der Waals surface area contributed by atoms with Gasteiger partial charge in [-0.25, -0.2) is 0 Å². The third kappa shape index (κ3) is 10.6. The normalized spacial score (nSPS) is 27.6. The molecule has 0 bridgehead atoms. The van der Waals surface area contributed by atoms with E-state index in [1.54, 1.807) is 24.3 Å². The van der Waals surface area contributed by atoms with Gasteiger partial charge in [-0.1, -0.05) is 71.7 Å². The number of hydrogen-bond acceptors (Lipinski definition) is 12. The van der Waals surface area contributed by atoms with Crippen molar-refractivity contribution in [3.8, 4) is 11.5 Å². The molecular formula is C42H50Cl2O12. The predicted octanol–water partition coefficient (Wildman–Crippen LogP) is 4.91. The van der Waals surface area contributed by atoms with Gasteiger partial charge in [0.15, 0.2) is 12.6 Å². The van der Waals surface area contributed by atoms with Gasteiger partial charge >= 0.3 is 0 Å². The topological polar surface area (TPSA) is 177 Å². The van der Waals surface area contributed by atoms with E-state index >= 15 is 0 Å². The molecule has 2 fully saturated rings. The van der Waals surface area contributed by atoms with Gasteiger partial charge in [0.1, 0.15) is 60.3 Å². The van der Waals surface area contributed by atoms with Gasteiger partial charge in [0.25, 0.3) is 0 Å². The van der Waals surface area contributed by atoms with Crippen molar-refractivity contribution in [3.63, 3.8) is 0 Å². The molecule has 6 rings (SSSR count). The quantitative estimate of drug-likeness (QED) is 0.114. The minimum atomic E-state index is -1.38. The molecule has 56 heavy (non-hydrogen) atoms. The summed E-state index contributed by atoms with van der Waals surface area (Å²) >= 11 is 12.7. The average molecular weight is 818 g/mol. The van der Waals surface area contributed by atoms with Crippen molar-refractivity contribution in [3.05, 3.63) is 128 Å². The van der Waals surface area contributed by atoms with Gasteiger partial charge < -0.3 is 59.1 Å². The van der Waals surface area contributed by atoms with E-state index in [4.69, 9.17) is 51.6 Å². The number of halogens is 2. The lowest BCUT2D eigenvalue weighted by molar-refractivity contribution is -0.292. The summed E-state index contributed by atoms with van der Waals surface area (Å²) in [4.78, 5) is 0. The number of hydrogen-bond donors (Lipinski definition) is 6. The smallest absolute Gasteiger partial charge is 0.186 e. The Kier molecular flexibility index (Phi) is 15.9. The zero-order valence-electron chi connectivity index (χ0n) is 31.6. The van der Waals surface area contributed by atoms with Crippen LogP contribution in [0.15, 0.2) is 84.9 Å². The van der Waals surface area contributed by atoms with Crippen LogP contribution in [0.5, 0.6) is 11.5 Å². The van der Waals surface area contributed by atoms with Crippen molar-refractivity contribution in [1.82, 2.24) is 0 Å². The van der Waals surface area contributed by atoms with Crippen LogP contribution < -0.4 is 9.47 Å². The molecule has 14 heteroatoms. The second-order valence-electron chi connectivity index (χ2n) is 13.5. The summed E-state index contributed by atoms with van der Waals surface area (Å²) in [7, 11) is 2.74. The van der Waals surface area contributed by atoms with Crippen LogP contribution in [0.1, 0.15) is 59.4 Å². The zero-order valence-corrected chi connectivity index (χ0v) is 33.1. The molecule has 4 aromatic rings. The van der Waals surface area contributed by atoms with Gasteiger partial charge in [0.2, 0.25) is 0 Å². The van der Waals surface area contributed by atoms with Gasteiger partial charge in [-0.05, 0) is 96.5 Å². The number of aliphatic hydroxyl groups excluding tert-OH is 6. The van der Waals surface area contributed by atoms with Gasteiger partial charge in [-0.15, -0.1) is 0 Å². The van der Waals surface area contributed by atoms with Crippen LogP contribution >= 0.6 is 23.2 Å². The molecule has 10 atom stereocenters. The lowest BCUT2D eigenvalue weighted by Crippen LogP contribution is -2.54. The van der Waals surface area contributed by atoms with Crippen molar-refractivity contribution >= 4 is 23.2 Å². The maximum absolute atomic E-state index is 10.4. The van der Waals surface area contributed by atoms with Crippen LogP contribution in [-0.2, 0) is 31.8 Å². The van der Waals surface area contributed by atoms with E-state index in [1.165, 1.54) is 14.2 Å². The fraction of sp³-hybridized carbons (Fsp3) is 0.429. The summed E-state index contributed by atoms with van der Waals surface area (Å²) in [5.74, 6) is 1.62. The number of aliphatic hydroxyl groups is 6. The molecule has 2 saturated heterocycles. The standard InChI is InChI=1S/2C21H25ClO6/c2*1-3-27-15-7-4-12(5-8-15)10-14-11-13(6-9-16(14)22)20-18(24)17(23)19(25)21(26-2)28-20/h2*4-9,11,17-21,23-25H,3,10H2,1-2H3/t17-,18-,19+,20+,21+;17-,18-,19+,20+,21-/m11/s1. The van der Waals surface area contributed by atoms with Crippen LogP contribution in [0.25, 0.3) is 0 Å². The monoisotopic (exact) mass is 816 g/mol. The van der Waals surface area contributed by atoms with E-state index in [0.29, 0.717) is 47.2 Å². The lowest BCUT2D eigenvalue weighted by atomic mass is 9.92. The maximum atomic E-state index is 10.4. The molecule has 4 aromatic carbocycles.